The van der Waals surface area contributed by atoms with Gasteiger partial charge in [0.15, 0.2) is 0 Å². The molecule has 0 spiro atoms. The Bertz CT molecular complexity index is 1330. The van der Waals surface area contributed by atoms with Gasteiger partial charge in [0.1, 0.15) is 5.84 Å². The molecule has 3 N–H and O–H groups in total. The van der Waals surface area contributed by atoms with Crippen molar-refractivity contribution in [3.8, 4) is 0 Å². The maximum absolute atomic E-state index is 12.9. The predicted molar refractivity (Wildman–Crippen MR) is 181 cm³/mol. The minimum Gasteiger partial charge on any atom is -0.383 e. The van der Waals surface area contributed by atoms with Gasteiger partial charge in [0.05, 0.1) is 10.7 Å². The fourth-order valence-electron chi connectivity index (χ4n) is 4.19. The highest BCUT2D eigenvalue weighted by Crippen LogP contribution is 2.36. The zero-order chi connectivity index (χ0) is 30.4. The van der Waals surface area contributed by atoms with Gasteiger partial charge in [-0.15, -0.1) is 9.24 Å². The Hall–Kier alpha value is -1.98. The summed E-state index contributed by atoms with van der Waals surface area (Å²) >= 11 is 14.7. The Morgan fingerprint density at radius 1 is 1.27 bits per heavy atom. The Labute approximate surface area is 257 Å². The molecule has 0 fully saturated rings. The van der Waals surface area contributed by atoms with Crippen molar-refractivity contribution in [2.45, 2.75) is 66.3 Å². The number of hydrogen-bond donors (Lipinski definition) is 2. The van der Waals surface area contributed by atoms with E-state index in [0.29, 0.717) is 28.3 Å². The number of carbonyl (C=O) groups excluding carboxylic acids is 1. The second-order valence-corrected chi connectivity index (χ2v) is 13.0. The topological polar surface area (TPSA) is 70.7 Å². The number of carbonyl (C=O) groups is 1. The Kier molecular flexibility index (Phi) is 12.6. The van der Waals surface area contributed by atoms with Crippen LogP contribution in [0.25, 0.3) is 5.57 Å². The molecule has 1 atom stereocenters. The van der Waals surface area contributed by atoms with Crippen molar-refractivity contribution >= 4 is 72.7 Å². The van der Waals surface area contributed by atoms with Crippen molar-refractivity contribution in [1.82, 2.24) is 4.90 Å². The molecular formula is C31H43Cl2N4OPS. The van der Waals surface area contributed by atoms with Crippen molar-refractivity contribution in [3.05, 3.63) is 68.7 Å². The number of hydrogen-bond acceptors (Lipinski definition) is 4. The van der Waals surface area contributed by atoms with Gasteiger partial charge in [0, 0.05) is 46.9 Å². The molecule has 0 aliphatic carbocycles. The first kappa shape index (κ1) is 34.2. The molecule has 0 radical (unpaired) electrons. The van der Waals surface area contributed by atoms with Crippen LogP contribution >= 0.6 is 44.4 Å². The number of benzene rings is 2. The first-order valence-electron chi connectivity index (χ1n) is 13.3. The maximum Gasteiger partial charge on any atom is 0.228 e. The standard InChI is InChI=1S/C31H43Cl2N4OPS/c1-10-22(26(29(34)35-8)19(5)18(3)4)23-13-12-14-24(28(23)39)36-40-25-16-21(32)15-20(27(25)33)17-37(9)30(38)31(6,7)11-2/h10,12-16,18,36H,11,17,39H2,1-9H3,(H2,34,35)/b22-10-,26-19+. The van der Waals surface area contributed by atoms with Crippen molar-refractivity contribution in [1.29, 1.82) is 0 Å². The van der Waals surface area contributed by atoms with Crippen LogP contribution in [-0.2, 0) is 11.3 Å². The summed E-state index contributed by atoms with van der Waals surface area (Å²) < 4.78 is 3.45. The lowest BCUT2D eigenvalue weighted by atomic mass is 9.88. The second kappa shape index (κ2) is 14.8. The van der Waals surface area contributed by atoms with Gasteiger partial charge < -0.3 is 15.4 Å². The number of allylic oxidation sites excluding steroid dienone is 2. The second-order valence-electron chi connectivity index (χ2n) is 10.8. The molecule has 0 saturated heterocycles. The number of anilines is 1. The summed E-state index contributed by atoms with van der Waals surface area (Å²) in [6.45, 7) is 14.7. The van der Waals surface area contributed by atoms with Crippen molar-refractivity contribution < 1.29 is 4.79 Å². The minimum atomic E-state index is -0.443. The molecule has 0 saturated carbocycles. The molecule has 40 heavy (non-hydrogen) atoms. The van der Waals surface area contributed by atoms with Gasteiger partial charge in [-0.05, 0) is 73.0 Å². The summed E-state index contributed by atoms with van der Waals surface area (Å²) in [6.07, 6.45) is 2.83. The summed E-state index contributed by atoms with van der Waals surface area (Å²) in [6, 6.07) is 9.76. The average Bonchev–Trinajstić information content (AvgIpc) is 2.92. The smallest absolute Gasteiger partial charge is 0.228 e. The zero-order valence-corrected chi connectivity index (χ0v) is 28.6. The molecule has 218 valence electrons. The summed E-state index contributed by atoms with van der Waals surface area (Å²) in [5.74, 6) is 0.898. The molecule has 0 aromatic heterocycles. The number of nitrogens with zero attached hydrogens (tertiary/aromatic N) is 2. The molecule has 5 nitrogen and oxygen atoms in total. The van der Waals surface area contributed by atoms with Crippen molar-refractivity contribution in [2.24, 2.45) is 22.1 Å². The third-order valence-electron chi connectivity index (χ3n) is 7.28. The van der Waals surface area contributed by atoms with E-state index in [1.165, 1.54) is 17.5 Å². The molecule has 2 aromatic carbocycles. The van der Waals surface area contributed by atoms with Crippen LogP contribution in [0.1, 0.15) is 66.0 Å². The molecule has 9 heteroatoms. The van der Waals surface area contributed by atoms with Gasteiger partial charge in [-0.2, -0.15) is 0 Å². The lowest BCUT2D eigenvalue weighted by Crippen LogP contribution is -2.37. The van der Waals surface area contributed by atoms with E-state index in [-0.39, 0.29) is 5.91 Å². The highest BCUT2D eigenvalue weighted by molar-refractivity contribution is 8.00. The van der Waals surface area contributed by atoms with Crippen LogP contribution in [-0.4, -0.2) is 30.7 Å². The van der Waals surface area contributed by atoms with E-state index in [1.807, 2.05) is 52.0 Å². The van der Waals surface area contributed by atoms with Gasteiger partial charge in [-0.25, -0.2) is 0 Å². The SMILES string of the molecule is C/C=C(\C(C(N)=NC)=C(\C)C(C)C)c1cccc(NSc2cc(Cl)cc(CN(C)C(=O)C(C)(C)CC)c2Cl)c1P. The number of amides is 1. The highest BCUT2D eigenvalue weighted by atomic mass is 35.5. The number of aliphatic imine (C=N–C) groups is 1. The molecule has 0 aliphatic heterocycles. The van der Waals surface area contributed by atoms with Crippen LogP contribution in [0.4, 0.5) is 5.69 Å². The Morgan fingerprint density at radius 3 is 2.48 bits per heavy atom. The molecule has 0 bridgehead atoms. The largest absolute Gasteiger partial charge is 0.383 e. The van der Waals surface area contributed by atoms with Crippen LogP contribution in [0.3, 0.4) is 0 Å². The first-order chi connectivity index (χ1) is 18.7. The number of rotatable bonds is 11. The number of nitrogens with two attached hydrogens (primary N) is 1. The van der Waals surface area contributed by atoms with Crippen LogP contribution in [0, 0.1) is 11.3 Å². The molecule has 0 heterocycles. The van der Waals surface area contributed by atoms with Crippen LogP contribution in [0.2, 0.25) is 10.0 Å². The van der Waals surface area contributed by atoms with Crippen molar-refractivity contribution in [3.63, 3.8) is 0 Å². The van der Waals surface area contributed by atoms with Crippen LogP contribution in [0.5, 0.6) is 0 Å². The lowest BCUT2D eigenvalue weighted by molar-refractivity contribution is -0.139. The van der Waals surface area contributed by atoms with Gasteiger partial charge in [0.25, 0.3) is 0 Å². The van der Waals surface area contributed by atoms with Crippen LogP contribution < -0.4 is 15.8 Å². The summed E-state index contributed by atoms with van der Waals surface area (Å²) in [5, 5.41) is 2.12. The first-order valence-corrected chi connectivity index (χ1v) is 15.5. The third-order valence-corrected chi connectivity index (χ3v) is 9.54. The van der Waals surface area contributed by atoms with E-state index in [0.717, 1.165) is 44.6 Å². The quantitative estimate of drug-likeness (QED) is 0.0870. The van der Waals surface area contributed by atoms with E-state index >= 15 is 0 Å². The lowest BCUT2D eigenvalue weighted by Gasteiger charge is -2.29. The van der Waals surface area contributed by atoms with Gasteiger partial charge in [0.2, 0.25) is 5.91 Å². The van der Waals surface area contributed by atoms with E-state index in [2.05, 4.69) is 51.9 Å². The minimum absolute atomic E-state index is 0.0671. The summed E-state index contributed by atoms with van der Waals surface area (Å²) in [7, 11) is 6.37. The predicted octanol–water partition coefficient (Wildman–Crippen LogP) is 8.37. The van der Waals surface area contributed by atoms with Crippen LogP contribution in [0.15, 0.2) is 57.4 Å². The monoisotopic (exact) mass is 620 g/mol. The molecule has 0 aliphatic rings. The Morgan fingerprint density at radius 2 is 1.93 bits per heavy atom. The van der Waals surface area contributed by atoms with E-state index < -0.39 is 5.41 Å². The molecule has 1 amide bonds. The highest BCUT2D eigenvalue weighted by Gasteiger charge is 2.29. The fourth-order valence-corrected chi connectivity index (χ4v) is 6.11. The molecule has 2 rings (SSSR count). The van der Waals surface area contributed by atoms with Crippen molar-refractivity contribution in [2.75, 3.05) is 18.8 Å². The Balaban J connectivity index is 2.42. The van der Waals surface area contributed by atoms with E-state index in [1.54, 1.807) is 19.0 Å². The maximum atomic E-state index is 12.9. The molecule has 2 aromatic rings. The van der Waals surface area contributed by atoms with E-state index in [4.69, 9.17) is 28.9 Å². The van der Waals surface area contributed by atoms with Gasteiger partial charge in [-0.3, -0.25) is 9.79 Å². The third kappa shape index (κ3) is 8.06. The fraction of sp³-hybridized carbons (Fsp3) is 0.419. The average molecular weight is 622 g/mol. The zero-order valence-electron chi connectivity index (χ0n) is 25.1. The van der Waals surface area contributed by atoms with Gasteiger partial charge in [-0.1, -0.05) is 81.6 Å². The number of halogens is 2. The normalized spacial score (nSPS) is 13.4. The molecule has 1 unspecified atom stereocenters. The van der Waals surface area contributed by atoms with Gasteiger partial charge >= 0.3 is 0 Å². The summed E-state index contributed by atoms with van der Waals surface area (Å²) in [5.41, 5.74) is 11.9. The summed E-state index contributed by atoms with van der Waals surface area (Å²) in [4.78, 5) is 19.7. The number of nitrogens with one attached hydrogen (secondary N) is 1. The van der Waals surface area contributed by atoms with E-state index in [9.17, 15) is 4.79 Å². The number of amidine groups is 1. The molecular weight excluding hydrogens is 578 g/mol.